The molecule has 7 heteroatoms. The van der Waals surface area contributed by atoms with E-state index in [1.54, 1.807) is 4.68 Å². The summed E-state index contributed by atoms with van der Waals surface area (Å²) in [6.07, 6.45) is 0.631. The third-order valence-electron chi connectivity index (χ3n) is 3.42. The zero-order valence-electron chi connectivity index (χ0n) is 12.0. The van der Waals surface area contributed by atoms with Gasteiger partial charge in [-0.25, -0.2) is 4.68 Å². The molecule has 3 rings (SSSR count). The Balaban J connectivity index is 2.15. The van der Waals surface area contributed by atoms with Crippen molar-refractivity contribution in [3.63, 3.8) is 0 Å². The molecule has 0 atom stereocenters. The van der Waals surface area contributed by atoms with Gasteiger partial charge in [-0.3, -0.25) is 14.5 Å². The summed E-state index contributed by atoms with van der Waals surface area (Å²) in [6, 6.07) is 9.63. The van der Waals surface area contributed by atoms with Gasteiger partial charge < -0.3 is 5.11 Å². The molecular formula is C15H15N3O3S. The second-order valence-corrected chi connectivity index (χ2v) is 5.83. The molecule has 0 saturated carbocycles. The van der Waals surface area contributed by atoms with E-state index in [-0.39, 0.29) is 18.2 Å². The standard InChI is InChI=1S/C15H15N3O3S/c1-2-11-14-15(18(16-11)10-6-4-3-5-7-10)22-9-12(19)17(14)8-13(20)21/h3-7H,2,8-9H2,1H3,(H,20,21). The predicted molar refractivity (Wildman–Crippen MR) is 83.7 cm³/mol. The first kappa shape index (κ1) is 14.6. The summed E-state index contributed by atoms with van der Waals surface area (Å²) in [4.78, 5) is 24.5. The molecule has 0 unspecified atom stereocenters. The summed E-state index contributed by atoms with van der Waals surface area (Å²) < 4.78 is 1.79. The smallest absolute Gasteiger partial charge is 0.323 e. The predicted octanol–water partition coefficient (Wildman–Crippen LogP) is 1.96. The minimum absolute atomic E-state index is 0.192. The highest BCUT2D eigenvalue weighted by atomic mass is 32.2. The zero-order valence-corrected chi connectivity index (χ0v) is 12.8. The van der Waals surface area contributed by atoms with Crippen molar-refractivity contribution in [1.29, 1.82) is 0 Å². The highest BCUT2D eigenvalue weighted by molar-refractivity contribution is 8.00. The van der Waals surface area contributed by atoms with Crippen LogP contribution in [0.3, 0.4) is 0 Å². The lowest BCUT2D eigenvalue weighted by Gasteiger charge is -2.26. The lowest BCUT2D eigenvalue weighted by atomic mass is 10.2. The van der Waals surface area contributed by atoms with Gasteiger partial charge in [0.05, 0.1) is 17.1 Å². The summed E-state index contributed by atoms with van der Waals surface area (Å²) in [5.74, 6) is -0.995. The Bertz CT molecular complexity index is 727. The van der Waals surface area contributed by atoms with Crippen LogP contribution in [0.15, 0.2) is 35.4 Å². The van der Waals surface area contributed by atoms with Crippen LogP contribution in [0.1, 0.15) is 12.6 Å². The van der Waals surface area contributed by atoms with Crippen LogP contribution in [0, 0.1) is 0 Å². The third kappa shape index (κ3) is 2.48. The van der Waals surface area contributed by atoms with Gasteiger partial charge >= 0.3 is 5.97 Å². The van der Waals surface area contributed by atoms with Crippen molar-refractivity contribution in [2.24, 2.45) is 0 Å². The Morgan fingerprint density at radius 2 is 2.09 bits per heavy atom. The van der Waals surface area contributed by atoms with Crippen LogP contribution in [0.4, 0.5) is 5.69 Å². The van der Waals surface area contributed by atoms with Gasteiger partial charge in [0.2, 0.25) is 5.91 Å². The van der Waals surface area contributed by atoms with Crippen molar-refractivity contribution in [2.75, 3.05) is 17.2 Å². The number of benzene rings is 1. The fourth-order valence-corrected chi connectivity index (χ4v) is 3.50. The highest BCUT2D eigenvalue weighted by Gasteiger charge is 2.33. The summed E-state index contributed by atoms with van der Waals surface area (Å²) in [6.45, 7) is 1.61. The molecule has 1 aromatic carbocycles. The molecule has 1 aromatic heterocycles. The summed E-state index contributed by atoms with van der Waals surface area (Å²) in [5, 5.41) is 14.5. The number of carbonyl (C=O) groups excluding carboxylic acids is 1. The largest absolute Gasteiger partial charge is 0.480 e. The molecule has 0 aliphatic carbocycles. The lowest BCUT2D eigenvalue weighted by Crippen LogP contribution is -2.39. The number of hydrogen-bond donors (Lipinski definition) is 1. The topological polar surface area (TPSA) is 75.4 Å². The lowest BCUT2D eigenvalue weighted by molar-refractivity contribution is -0.136. The van der Waals surface area contributed by atoms with E-state index in [1.165, 1.54) is 16.7 Å². The number of aromatic nitrogens is 2. The molecular weight excluding hydrogens is 302 g/mol. The Morgan fingerprint density at radius 1 is 1.36 bits per heavy atom. The molecule has 22 heavy (non-hydrogen) atoms. The summed E-state index contributed by atoms with van der Waals surface area (Å²) in [5.41, 5.74) is 2.27. The van der Waals surface area contributed by atoms with Gasteiger partial charge in [0.25, 0.3) is 0 Å². The number of fused-ring (bicyclic) bond motifs is 1. The maximum absolute atomic E-state index is 12.1. The van der Waals surface area contributed by atoms with Crippen LogP contribution in [0.2, 0.25) is 0 Å². The second-order valence-electron chi connectivity index (χ2n) is 4.86. The van der Waals surface area contributed by atoms with E-state index >= 15 is 0 Å². The molecule has 0 spiro atoms. The first-order valence-corrected chi connectivity index (χ1v) is 7.92. The molecule has 6 nitrogen and oxygen atoms in total. The fourth-order valence-electron chi connectivity index (χ4n) is 2.46. The van der Waals surface area contributed by atoms with Crippen molar-refractivity contribution in [3.8, 4) is 5.69 Å². The minimum atomic E-state index is -1.03. The minimum Gasteiger partial charge on any atom is -0.480 e. The van der Waals surface area contributed by atoms with Crippen LogP contribution in [-0.2, 0) is 16.0 Å². The normalized spacial score (nSPS) is 14.0. The Labute approximate surface area is 131 Å². The number of nitrogens with zero attached hydrogens (tertiary/aromatic N) is 3. The van der Waals surface area contributed by atoms with Gasteiger partial charge in [0.15, 0.2) is 0 Å². The average Bonchev–Trinajstić information content (AvgIpc) is 2.89. The molecule has 0 saturated heterocycles. The molecule has 0 bridgehead atoms. The maximum atomic E-state index is 12.1. The molecule has 1 N–H and O–H groups in total. The number of aryl methyl sites for hydroxylation is 1. The zero-order chi connectivity index (χ0) is 15.7. The van der Waals surface area contributed by atoms with Crippen LogP contribution in [0.5, 0.6) is 0 Å². The van der Waals surface area contributed by atoms with Gasteiger partial charge in [-0.2, -0.15) is 5.10 Å². The second kappa shape index (κ2) is 5.84. The van der Waals surface area contributed by atoms with Gasteiger partial charge in [-0.05, 0) is 18.6 Å². The van der Waals surface area contributed by atoms with E-state index in [2.05, 4.69) is 5.10 Å². The SMILES string of the molecule is CCc1nn(-c2ccccc2)c2c1N(CC(=O)O)C(=O)CS2. The molecule has 1 aliphatic rings. The molecule has 0 fully saturated rings. The third-order valence-corrected chi connectivity index (χ3v) is 4.45. The van der Waals surface area contributed by atoms with E-state index in [0.717, 1.165) is 16.4 Å². The number of para-hydroxylation sites is 1. The highest BCUT2D eigenvalue weighted by Crippen LogP contribution is 2.39. The maximum Gasteiger partial charge on any atom is 0.323 e. The first-order chi connectivity index (χ1) is 10.6. The Morgan fingerprint density at radius 3 is 2.73 bits per heavy atom. The van der Waals surface area contributed by atoms with Crippen LogP contribution < -0.4 is 4.90 Å². The van der Waals surface area contributed by atoms with Crippen molar-refractivity contribution < 1.29 is 14.7 Å². The summed E-state index contributed by atoms with van der Waals surface area (Å²) >= 11 is 1.40. The first-order valence-electron chi connectivity index (χ1n) is 6.94. The number of anilines is 1. The fraction of sp³-hybridized carbons (Fsp3) is 0.267. The summed E-state index contributed by atoms with van der Waals surface area (Å²) in [7, 11) is 0. The molecule has 114 valence electrons. The molecule has 0 radical (unpaired) electrons. The molecule has 1 amide bonds. The molecule has 1 aliphatic heterocycles. The van der Waals surface area contributed by atoms with Gasteiger partial charge in [0.1, 0.15) is 17.3 Å². The van der Waals surface area contributed by atoms with Crippen molar-refractivity contribution in [2.45, 2.75) is 18.4 Å². The van der Waals surface area contributed by atoms with Crippen molar-refractivity contribution in [3.05, 3.63) is 36.0 Å². The number of carboxylic acids is 1. The van der Waals surface area contributed by atoms with E-state index in [4.69, 9.17) is 5.11 Å². The van der Waals surface area contributed by atoms with Crippen molar-refractivity contribution >= 4 is 29.3 Å². The van der Waals surface area contributed by atoms with E-state index in [0.29, 0.717) is 12.1 Å². The number of carboxylic acid groups (broad SMARTS) is 1. The monoisotopic (exact) mass is 317 g/mol. The Kier molecular flexibility index (Phi) is 3.89. The van der Waals surface area contributed by atoms with E-state index < -0.39 is 5.97 Å². The average molecular weight is 317 g/mol. The van der Waals surface area contributed by atoms with E-state index in [9.17, 15) is 9.59 Å². The number of thioether (sulfide) groups is 1. The Hall–Kier alpha value is -2.28. The van der Waals surface area contributed by atoms with E-state index in [1.807, 2.05) is 37.3 Å². The van der Waals surface area contributed by atoms with Crippen molar-refractivity contribution in [1.82, 2.24) is 9.78 Å². The van der Waals surface area contributed by atoms with Gasteiger partial charge in [-0.15, -0.1) is 0 Å². The van der Waals surface area contributed by atoms with Crippen LogP contribution >= 0.6 is 11.8 Å². The number of aliphatic carboxylic acids is 1. The quantitative estimate of drug-likeness (QED) is 0.933. The van der Waals surface area contributed by atoms with Crippen LogP contribution in [0.25, 0.3) is 5.69 Å². The number of carbonyl (C=O) groups is 2. The van der Waals surface area contributed by atoms with Gasteiger partial charge in [-0.1, -0.05) is 36.9 Å². The molecule has 2 heterocycles. The number of hydrogen-bond acceptors (Lipinski definition) is 4. The van der Waals surface area contributed by atoms with Crippen LogP contribution in [-0.4, -0.2) is 39.1 Å². The molecule has 2 aromatic rings. The van der Waals surface area contributed by atoms with Gasteiger partial charge in [0, 0.05) is 0 Å². The number of amides is 1. The number of rotatable bonds is 4.